The van der Waals surface area contributed by atoms with Crippen molar-refractivity contribution >= 4 is 29.4 Å². The number of hydrogen-bond acceptors (Lipinski definition) is 3. The van der Waals surface area contributed by atoms with Gasteiger partial charge in [-0.05, 0) is 24.0 Å². The predicted octanol–water partition coefficient (Wildman–Crippen LogP) is 2.56. The van der Waals surface area contributed by atoms with Crippen LogP contribution in [-0.4, -0.2) is 35.8 Å². The Hall–Kier alpha value is -0.980. The van der Waals surface area contributed by atoms with Crippen molar-refractivity contribution in [3.8, 4) is 0 Å². The highest BCUT2D eigenvalue weighted by Crippen LogP contribution is 2.20. The van der Waals surface area contributed by atoms with Gasteiger partial charge in [0, 0.05) is 11.8 Å². The number of benzene rings is 1. The number of nitrogens with one attached hydrogen (secondary N) is 2. The van der Waals surface area contributed by atoms with E-state index in [1.54, 1.807) is 17.8 Å². The van der Waals surface area contributed by atoms with Crippen LogP contribution < -0.4 is 10.6 Å². The minimum atomic E-state index is -0.675. The molecule has 0 heterocycles. The first-order chi connectivity index (χ1) is 9.47. The molecule has 2 unspecified atom stereocenters. The van der Waals surface area contributed by atoms with Gasteiger partial charge in [0.25, 0.3) is 0 Å². The monoisotopic (exact) mass is 320 g/mol. The van der Waals surface area contributed by atoms with E-state index in [9.17, 15) is 14.3 Å². The van der Waals surface area contributed by atoms with E-state index in [0.717, 1.165) is 0 Å². The molecule has 2 atom stereocenters. The third-order valence-electron chi connectivity index (χ3n) is 2.79. The SMILES string of the molecule is CSC(C)CNC(=O)NC(CO)c1ccc(Cl)c(F)c1. The summed E-state index contributed by atoms with van der Waals surface area (Å²) in [5.41, 5.74) is 0.461. The van der Waals surface area contributed by atoms with Gasteiger partial charge in [-0.2, -0.15) is 11.8 Å². The van der Waals surface area contributed by atoms with E-state index in [-0.39, 0.29) is 11.6 Å². The second-order valence-electron chi connectivity index (χ2n) is 4.31. The van der Waals surface area contributed by atoms with Gasteiger partial charge in [0.05, 0.1) is 17.7 Å². The van der Waals surface area contributed by atoms with Gasteiger partial charge >= 0.3 is 6.03 Å². The first-order valence-corrected chi connectivity index (χ1v) is 7.77. The van der Waals surface area contributed by atoms with Gasteiger partial charge in [0.2, 0.25) is 0 Å². The third-order valence-corrected chi connectivity index (χ3v) is 4.06. The van der Waals surface area contributed by atoms with Crippen molar-refractivity contribution in [1.29, 1.82) is 0 Å². The quantitative estimate of drug-likeness (QED) is 0.755. The van der Waals surface area contributed by atoms with Crippen molar-refractivity contribution in [2.45, 2.75) is 18.2 Å². The Kier molecular flexibility index (Phi) is 7.12. The van der Waals surface area contributed by atoms with E-state index < -0.39 is 17.9 Å². The summed E-state index contributed by atoms with van der Waals surface area (Å²) in [6.07, 6.45) is 1.96. The van der Waals surface area contributed by atoms with Crippen LogP contribution in [0, 0.1) is 5.82 Å². The maximum Gasteiger partial charge on any atom is 0.315 e. The zero-order valence-electron chi connectivity index (χ0n) is 11.3. The van der Waals surface area contributed by atoms with Crippen molar-refractivity contribution in [3.05, 3.63) is 34.6 Å². The van der Waals surface area contributed by atoms with E-state index >= 15 is 0 Å². The summed E-state index contributed by atoms with van der Waals surface area (Å²) in [6, 6.07) is 3.08. The fourth-order valence-electron chi connectivity index (χ4n) is 1.49. The summed E-state index contributed by atoms with van der Waals surface area (Å²) in [7, 11) is 0. The third kappa shape index (κ3) is 5.19. The molecule has 2 amide bonds. The van der Waals surface area contributed by atoms with Crippen molar-refractivity contribution in [2.75, 3.05) is 19.4 Å². The van der Waals surface area contributed by atoms with E-state index in [0.29, 0.717) is 17.4 Å². The number of thioether (sulfide) groups is 1. The molecule has 0 saturated heterocycles. The maximum atomic E-state index is 13.4. The molecule has 0 aromatic heterocycles. The number of amides is 2. The fraction of sp³-hybridized carbons (Fsp3) is 0.462. The minimum Gasteiger partial charge on any atom is -0.394 e. The molecule has 0 aliphatic heterocycles. The van der Waals surface area contributed by atoms with Crippen LogP contribution in [0.2, 0.25) is 5.02 Å². The normalized spacial score (nSPS) is 13.7. The smallest absolute Gasteiger partial charge is 0.315 e. The lowest BCUT2D eigenvalue weighted by Gasteiger charge is -2.18. The first-order valence-electron chi connectivity index (χ1n) is 6.11. The van der Waals surface area contributed by atoms with Crippen molar-refractivity contribution < 1.29 is 14.3 Å². The molecule has 1 rings (SSSR count). The highest BCUT2D eigenvalue weighted by atomic mass is 35.5. The van der Waals surface area contributed by atoms with E-state index in [2.05, 4.69) is 10.6 Å². The largest absolute Gasteiger partial charge is 0.394 e. The van der Waals surface area contributed by atoms with E-state index in [1.165, 1.54) is 12.1 Å². The van der Waals surface area contributed by atoms with Gasteiger partial charge in [-0.15, -0.1) is 0 Å². The number of carbonyl (C=O) groups excluding carboxylic acids is 1. The van der Waals surface area contributed by atoms with Gasteiger partial charge in [-0.1, -0.05) is 24.6 Å². The molecule has 112 valence electrons. The lowest BCUT2D eigenvalue weighted by atomic mass is 10.1. The molecule has 20 heavy (non-hydrogen) atoms. The molecule has 0 radical (unpaired) electrons. The van der Waals surface area contributed by atoms with Crippen molar-refractivity contribution in [3.63, 3.8) is 0 Å². The molecular weight excluding hydrogens is 303 g/mol. The van der Waals surface area contributed by atoms with Gasteiger partial charge in [0.1, 0.15) is 5.82 Å². The van der Waals surface area contributed by atoms with Crippen LogP contribution in [-0.2, 0) is 0 Å². The molecule has 0 aliphatic rings. The number of urea groups is 1. The summed E-state index contributed by atoms with van der Waals surface area (Å²) in [4.78, 5) is 11.7. The van der Waals surface area contributed by atoms with Gasteiger partial charge in [-0.25, -0.2) is 9.18 Å². The molecule has 0 aliphatic carbocycles. The van der Waals surface area contributed by atoms with Crippen molar-refractivity contribution in [2.24, 2.45) is 0 Å². The Morgan fingerprint density at radius 1 is 1.55 bits per heavy atom. The first kappa shape index (κ1) is 17.1. The zero-order chi connectivity index (χ0) is 15.1. The molecule has 0 bridgehead atoms. The lowest BCUT2D eigenvalue weighted by molar-refractivity contribution is 0.217. The number of carbonyl (C=O) groups is 1. The molecular formula is C13H18ClFN2O2S. The minimum absolute atomic E-state index is 0.00341. The highest BCUT2D eigenvalue weighted by Gasteiger charge is 2.15. The Morgan fingerprint density at radius 3 is 2.80 bits per heavy atom. The number of aliphatic hydroxyl groups excluding tert-OH is 1. The summed E-state index contributed by atoms with van der Waals surface area (Å²) in [5.74, 6) is -0.583. The molecule has 0 spiro atoms. The lowest BCUT2D eigenvalue weighted by Crippen LogP contribution is -2.41. The Balaban J connectivity index is 2.62. The van der Waals surface area contributed by atoms with E-state index in [1.807, 2.05) is 13.2 Å². The van der Waals surface area contributed by atoms with E-state index in [4.69, 9.17) is 11.6 Å². The molecule has 7 heteroatoms. The summed E-state index contributed by atoms with van der Waals surface area (Å²) < 4.78 is 13.4. The highest BCUT2D eigenvalue weighted by molar-refractivity contribution is 7.99. The fourth-order valence-corrected chi connectivity index (χ4v) is 1.86. The zero-order valence-corrected chi connectivity index (χ0v) is 12.9. The van der Waals surface area contributed by atoms with Gasteiger partial charge in [-0.3, -0.25) is 0 Å². The molecule has 3 N–H and O–H groups in total. The summed E-state index contributed by atoms with van der Waals surface area (Å²) in [6.45, 7) is 2.18. The van der Waals surface area contributed by atoms with Crippen LogP contribution in [0.15, 0.2) is 18.2 Å². The molecule has 1 aromatic rings. The molecule has 1 aromatic carbocycles. The van der Waals surface area contributed by atoms with Crippen LogP contribution in [0.3, 0.4) is 0 Å². The van der Waals surface area contributed by atoms with Crippen LogP contribution in [0.1, 0.15) is 18.5 Å². The van der Waals surface area contributed by atoms with Crippen LogP contribution in [0.25, 0.3) is 0 Å². The van der Waals surface area contributed by atoms with Crippen LogP contribution >= 0.6 is 23.4 Å². The Bertz CT molecular complexity index is 462. The second kappa shape index (κ2) is 8.34. The molecule has 0 saturated carbocycles. The Morgan fingerprint density at radius 2 is 2.25 bits per heavy atom. The standard InChI is InChI=1S/C13H18ClFN2O2S/c1-8(20-2)6-16-13(19)17-12(7-18)9-3-4-10(14)11(15)5-9/h3-5,8,12,18H,6-7H2,1-2H3,(H2,16,17,19). The van der Waals surface area contributed by atoms with Crippen LogP contribution in [0.5, 0.6) is 0 Å². The predicted molar refractivity (Wildman–Crippen MR) is 80.7 cm³/mol. The number of halogens is 2. The molecule has 0 fully saturated rings. The molecule has 4 nitrogen and oxygen atoms in total. The average Bonchev–Trinajstić information content (AvgIpc) is 2.45. The maximum absolute atomic E-state index is 13.4. The van der Waals surface area contributed by atoms with Crippen molar-refractivity contribution in [1.82, 2.24) is 10.6 Å². The van der Waals surface area contributed by atoms with Gasteiger partial charge in [0.15, 0.2) is 0 Å². The summed E-state index contributed by atoms with van der Waals surface area (Å²) in [5, 5.41) is 14.9. The topological polar surface area (TPSA) is 61.4 Å². The second-order valence-corrected chi connectivity index (χ2v) is 5.99. The van der Waals surface area contributed by atoms with Gasteiger partial charge < -0.3 is 15.7 Å². The summed E-state index contributed by atoms with van der Waals surface area (Å²) >= 11 is 7.23. The number of rotatable bonds is 6. The number of aliphatic hydroxyl groups is 1. The Labute approximate surface area is 127 Å². The average molecular weight is 321 g/mol. The van der Waals surface area contributed by atoms with Crippen LogP contribution in [0.4, 0.5) is 9.18 Å². The number of hydrogen-bond donors (Lipinski definition) is 3.